The quantitative estimate of drug-likeness (QED) is 0.0722. The number of ether oxygens (including phenoxy) is 4. The lowest BCUT2D eigenvalue weighted by Crippen LogP contribution is -2.49. The number of methoxy groups -OCH3 is 1. The van der Waals surface area contributed by atoms with Gasteiger partial charge in [0, 0.05) is 65.6 Å². The number of hydrogen-bond donors (Lipinski definition) is 2. The number of esters is 2. The third-order valence-corrected chi connectivity index (χ3v) is 10.6. The minimum absolute atomic E-state index is 0.145. The summed E-state index contributed by atoms with van der Waals surface area (Å²) >= 11 is 0. The molecule has 0 spiro atoms. The molecule has 0 aliphatic carbocycles. The van der Waals surface area contributed by atoms with Gasteiger partial charge < -0.3 is 29.4 Å². The maximum absolute atomic E-state index is 14.0. The molecule has 10 heteroatoms. The molecule has 54 heavy (non-hydrogen) atoms. The number of rotatable bonds is 14. The van der Waals surface area contributed by atoms with Gasteiger partial charge in [0.15, 0.2) is 5.60 Å². The molecule has 3 aromatic rings. The van der Waals surface area contributed by atoms with Crippen LogP contribution in [0.3, 0.4) is 0 Å². The Hall–Kier alpha value is -4.54. The van der Waals surface area contributed by atoms with Crippen molar-refractivity contribution in [3.05, 3.63) is 82.4 Å². The summed E-state index contributed by atoms with van der Waals surface area (Å²) in [5, 5.41) is 12.2. The van der Waals surface area contributed by atoms with Crippen LogP contribution in [0, 0.1) is 16.2 Å². The van der Waals surface area contributed by atoms with E-state index in [4.69, 9.17) is 24.1 Å². The van der Waals surface area contributed by atoms with Crippen molar-refractivity contribution in [1.82, 2.24) is 5.32 Å². The van der Waals surface area contributed by atoms with Crippen LogP contribution >= 0.6 is 0 Å². The van der Waals surface area contributed by atoms with Crippen molar-refractivity contribution >= 4 is 24.1 Å². The first-order chi connectivity index (χ1) is 25.2. The van der Waals surface area contributed by atoms with Gasteiger partial charge in [-0.2, -0.15) is 0 Å². The molecule has 292 valence electrons. The van der Waals surface area contributed by atoms with Crippen LogP contribution in [0.25, 0.3) is 0 Å². The number of fused-ring (bicyclic) bond motifs is 2. The Morgan fingerprint density at radius 3 is 1.98 bits per heavy atom. The first kappa shape index (κ1) is 42.2. The Balaban J connectivity index is 1.99. The number of hydrogen-bond acceptors (Lipinski definition) is 9. The molecule has 1 amide bonds. The molecule has 1 unspecified atom stereocenters. The Labute approximate surface area is 319 Å². The summed E-state index contributed by atoms with van der Waals surface area (Å²) in [5.74, 6) is -0.0429. The summed E-state index contributed by atoms with van der Waals surface area (Å²) in [4.78, 5) is 53.1. The van der Waals surface area contributed by atoms with E-state index >= 15 is 0 Å². The van der Waals surface area contributed by atoms with Gasteiger partial charge in [-0.15, -0.1) is 0 Å². The van der Waals surface area contributed by atoms with Crippen LogP contribution in [0.5, 0.6) is 23.0 Å². The molecule has 0 radical (unpaired) electrons. The molecule has 1 heterocycles. The van der Waals surface area contributed by atoms with E-state index in [9.17, 15) is 19.2 Å². The van der Waals surface area contributed by atoms with Gasteiger partial charge in [-0.1, -0.05) is 64.8 Å². The second kappa shape index (κ2) is 16.1. The van der Waals surface area contributed by atoms with Crippen molar-refractivity contribution in [3.8, 4) is 23.0 Å². The Bertz CT molecular complexity index is 1880. The molecule has 1 aliphatic rings. The topological polar surface area (TPSA) is 137 Å². The molecule has 4 rings (SSSR count). The van der Waals surface area contributed by atoms with E-state index in [1.807, 2.05) is 45.9 Å². The highest BCUT2D eigenvalue weighted by Crippen LogP contribution is 2.57. The monoisotopic (exact) mass is 743 g/mol. The average Bonchev–Trinajstić information content (AvgIpc) is 3.10. The van der Waals surface area contributed by atoms with Gasteiger partial charge in [-0.05, 0) is 72.6 Å². The van der Waals surface area contributed by atoms with Crippen molar-refractivity contribution in [3.63, 3.8) is 0 Å². The van der Waals surface area contributed by atoms with Crippen molar-refractivity contribution in [2.24, 2.45) is 16.2 Å². The molecular weight excluding hydrogens is 686 g/mol. The first-order valence-electron chi connectivity index (χ1n) is 18.6. The molecule has 1 aliphatic heterocycles. The lowest BCUT2D eigenvalue weighted by Gasteiger charge is -2.44. The lowest BCUT2D eigenvalue weighted by molar-refractivity contribution is -0.143. The number of aliphatic hydroxyl groups is 1. The molecule has 2 N–H and O–H groups in total. The fourth-order valence-electron chi connectivity index (χ4n) is 6.39. The summed E-state index contributed by atoms with van der Waals surface area (Å²) in [6.07, 6.45) is 4.02. The summed E-state index contributed by atoms with van der Waals surface area (Å²) < 4.78 is 25.1. The number of benzene rings is 3. The van der Waals surface area contributed by atoms with Gasteiger partial charge in [0.05, 0.1) is 16.2 Å². The predicted molar refractivity (Wildman–Crippen MR) is 207 cm³/mol. The van der Waals surface area contributed by atoms with Crippen LogP contribution in [0.1, 0.15) is 128 Å². The number of amides is 1. The standard InChI is InChI=1S/C44H57NO9/c1-40(2,3)38(49)52-29-20-21-31-34(24-29)53-36-26-35(54-39(50)41(4,5)6)32(25-33(36)44(31,51-11)30-19-15-14-18-28(30)27-47)42(7,8)43(9,10)37(48)45-22-16-12-13-17-23-46/h14-15,18-21,24-27,46H,12-13,16-17,22-23H2,1-11H3,(H,45,48). The van der Waals surface area contributed by atoms with Crippen molar-refractivity contribution in [1.29, 1.82) is 0 Å². The minimum atomic E-state index is -1.44. The smallest absolute Gasteiger partial charge is 0.316 e. The van der Waals surface area contributed by atoms with E-state index in [0.717, 1.165) is 32.0 Å². The first-order valence-corrected chi connectivity index (χ1v) is 18.6. The molecule has 1 atom stereocenters. The molecule has 3 aromatic carbocycles. The van der Waals surface area contributed by atoms with Gasteiger partial charge in [-0.25, -0.2) is 0 Å². The summed E-state index contributed by atoms with van der Waals surface area (Å²) in [6.45, 7) is 18.8. The Morgan fingerprint density at radius 1 is 0.759 bits per heavy atom. The maximum atomic E-state index is 14.0. The third kappa shape index (κ3) is 8.25. The van der Waals surface area contributed by atoms with Gasteiger partial charge in [0.1, 0.15) is 29.3 Å². The zero-order valence-corrected chi connectivity index (χ0v) is 33.7. The fourth-order valence-corrected chi connectivity index (χ4v) is 6.39. The second-order valence-corrected chi connectivity index (χ2v) is 17.1. The number of unbranched alkanes of at least 4 members (excludes halogenated alkanes) is 3. The average molecular weight is 744 g/mol. The molecule has 0 saturated carbocycles. The van der Waals surface area contributed by atoms with E-state index in [1.54, 1.807) is 85.1 Å². The molecular formula is C44H57NO9. The van der Waals surface area contributed by atoms with Crippen LogP contribution in [-0.2, 0) is 30.1 Å². The summed E-state index contributed by atoms with van der Waals surface area (Å²) in [7, 11) is 1.55. The van der Waals surface area contributed by atoms with Gasteiger partial charge in [-0.3, -0.25) is 19.2 Å². The largest absolute Gasteiger partial charge is 0.456 e. The highest BCUT2D eigenvalue weighted by molar-refractivity contribution is 5.85. The molecule has 10 nitrogen and oxygen atoms in total. The highest BCUT2D eigenvalue weighted by atomic mass is 16.5. The van der Waals surface area contributed by atoms with Crippen molar-refractivity contribution < 1.29 is 43.2 Å². The Kier molecular flexibility index (Phi) is 12.5. The SMILES string of the molecule is COC1(c2ccccc2C=O)c2ccc(OC(=O)C(C)(C)C)cc2Oc2cc(OC(=O)C(C)(C)C)c(C(C)(C)C(C)(C)C(=O)NCCCCCCO)cc21. The summed E-state index contributed by atoms with van der Waals surface area (Å²) in [5.41, 5.74) is -2.54. The number of carbonyl (C=O) groups is 4. The minimum Gasteiger partial charge on any atom is -0.456 e. The normalized spacial score (nSPS) is 15.7. The Morgan fingerprint density at radius 2 is 1.37 bits per heavy atom. The van der Waals surface area contributed by atoms with Crippen molar-refractivity contribution in [2.75, 3.05) is 20.3 Å². The predicted octanol–water partition coefficient (Wildman–Crippen LogP) is 8.42. The van der Waals surface area contributed by atoms with Crippen LogP contribution in [0.2, 0.25) is 0 Å². The zero-order chi connectivity index (χ0) is 40.3. The number of aldehydes is 1. The maximum Gasteiger partial charge on any atom is 0.316 e. The fraction of sp³-hybridized carbons (Fsp3) is 0.500. The van der Waals surface area contributed by atoms with E-state index in [0.29, 0.717) is 40.1 Å². The van der Waals surface area contributed by atoms with E-state index in [1.165, 1.54) is 0 Å². The van der Waals surface area contributed by atoms with Gasteiger partial charge in [0.25, 0.3) is 0 Å². The zero-order valence-electron chi connectivity index (χ0n) is 33.7. The lowest BCUT2D eigenvalue weighted by atomic mass is 9.62. The van der Waals surface area contributed by atoms with Crippen LogP contribution in [0.4, 0.5) is 0 Å². The van der Waals surface area contributed by atoms with E-state index in [-0.39, 0.29) is 29.8 Å². The second-order valence-electron chi connectivity index (χ2n) is 17.1. The highest BCUT2D eigenvalue weighted by Gasteiger charge is 2.50. The molecule has 0 fully saturated rings. The molecule has 0 bridgehead atoms. The summed E-state index contributed by atoms with van der Waals surface area (Å²) in [6, 6.07) is 15.6. The van der Waals surface area contributed by atoms with Gasteiger partial charge in [0.2, 0.25) is 5.91 Å². The molecule has 0 aromatic heterocycles. The number of aliphatic hydroxyl groups excluding tert-OH is 1. The number of nitrogens with one attached hydrogen (secondary N) is 1. The van der Waals surface area contributed by atoms with E-state index < -0.39 is 39.2 Å². The van der Waals surface area contributed by atoms with E-state index in [2.05, 4.69) is 5.32 Å². The van der Waals surface area contributed by atoms with Crippen LogP contribution < -0.4 is 19.5 Å². The third-order valence-electron chi connectivity index (χ3n) is 10.6. The van der Waals surface area contributed by atoms with Gasteiger partial charge >= 0.3 is 11.9 Å². The van der Waals surface area contributed by atoms with Crippen LogP contribution in [-0.4, -0.2) is 49.5 Å². The van der Waals surface area contributed by atoms with Crippen molar-refractivity contribution in [2.45, 2.75) is 106 Å². The van der Waals surface area contributed by atoms with Crippen LogP contribution in [0.15, 0.2) is 54.6 Å². The molecule has 0 saturated heterocycles. The number of carbonyl (C=O) groups excluding carboxylic acids is 4.